The number of hydrogen-bond donors (Lipinski definition) is 0. The summed E-state index contributed by atoms with van der Waals surface area (Å²) in [6, 6.07) is 4.66. The summed E-state index contributed by atoms with van der Waals surface area (Å²) in [6.45, 7) is 4.41. The number of rotatable bonds is 4. The fourth-order valence-corrected chi connectivity index (χ4v) is 2.53. The van der Waals surface area contributed by atoms with E-state index in [1.165, 1.54) is 22.3 Å². The second-order valence-electron chi connectivity index (χ2n) is 3.58. The van der Waals surface area contributed by atoms with E-state index >= 15 is 0 Å². The van der Waals surface area contributed by atoms with Crippen molar-refractivity contribution in [2.24, 2.45) is 0 Å². The van der Waals surface area contributed by atoms with Gasteiger partial charge in [0.15, 0.2) is 0 Å². The summed E-state index contributed by atoms with van der Waals surface area (Å²) < 4.78 is 0. The maximum atomic E-state index is 3.49. The first kappa shape index (κ1) is 12.3. The van der Waals surface area contributed by atoms with E-state index in [0.29, 0.717) is 0 Å². The van der Waals surface area contributed by atoms with Gasteiger partial charge >= 0.3 is 0 Å². The van der Waals surface area contributed by atoms with Crippen molar-refractivity contribution in [1.29, 1.82) is 0 Å². The molecule has 0 unspecified atom stereocenters. The highest BCUT2D eigenvalue weighted by Crippen LogP contribution is 2.18. The lowest BCUT2D eigenvalue weighted by Gasteiger charge is -2.10. The van der Waals surface area contributed by atoms with Crippen LogP contribution in [0, 0.1) is 13.8 Å². The van der Waals surface area contributed by atoms with Crippen molar-refractivity contribution in [3.8, 4) is 0 Å². The van der Waals surface area contributed by atoms with Crippen molar-refractivity contribution in [3.63, 3.8) is 0 Å². The number of hydrogen-bond acceptors (Lipinski definition) is 0. The van der Waals surface area contributed by atoms with E-state index in [0.717, 1.165) is 23.5 Å². The summed E-state index contributed by atoms with van der Waals surface area (Å²) in [5, 5.41) is 2.09. The van der Waals surface area contributed by atoms with Gasteiger partial charge in [0.1, 0.15) is 0 Å². The Bertz CT molecular complexity index is 274. The molecular formula is C12H16Br2. The van der Waals surface area contributed by atoms with Crippen LogP contribution in [0.4, 0.5) is 0 Å². The van der Waals surface area contributed by atoms with Crippen LogP contribution >= 0.6 is 31.9 Å². The smallest absolute Gasteiger partial charge is 0.00719 e. The molecule has 0 aliphatic heterocycles. The van der Waals surface area contributed by atoms with Gasteiger partial charge < -0.3 is 0 Å². The molecule has 0 heterocycles. The van der Waals surface area contributed by atoms with Crippen LogP contribution in [0.3, 0.4) is 0 Å². The average molecular weight is 320 g/mol. The van der Waals surface area contributed by atoms with E-state index in [2.05, 4.69) is 57.8 Å². The van der Waals surface area contributed by atoms with E-state index < -0.39 is 0 Å². The predicted molar refractivity (Wildman–Crippen MR) is 70.9 cm³/mol. The van der Waals surface area contributed by atoms with Crippen LogP contribution in [0.1, 0.15) is 22.3 Å². The summed E-state index contributed by atoms with van der Waals surface area (Å²) in [6.07, 6.45) is 2.25. The Morgan fingerprint density at radius 1 is 0.857 bits per heavy atom. The van der Waals surface area contributed by atoms with Gasteiger partial charge in [-0.1, -0.05) is 44.0 Å². The van der Waals surface area contributed by atoms with Crippen LogP contribution in [-0.2, 0) is 12.8 Å². The Morgan fingerprint density at radius 2 is 1.21 bits per heavy atom. The van der Waals surface area contributed by atoms with Gasteiger partial charge in [0, 0.05) is 10.7 Å². The molecular weight excluding hydrogens is 304 g/mol. The van der Waals surface area contributed by atoms with Crippen LogP contribution in [0.5, 0.6) is 0 Å². The van der Waals surface area contributed by atoms with Crippen LogP contribution in [0.2, 0.25) is 0 Å². The van der Waals surface area contributed by atoms with Gasteiger partial charge in [-0.25, -0.2) is 0 Å². The second kappa shape index (κ2) is 5.92. The summed E-state index contributed by atoms with van der Waals surface area (Å²) in [5.41, 5.74) is 5.78. The molecule has 0 spiro atoms. The van der Waals surface area contributed by atoms with Crippen molar-refractivity contribution in [1.82, 2.24) is 0 Å². The molecule has 0 nitrogen and oxygen atoms in total. The first-order valence-electron chi connectivity index (χ1n) is 4.90. The Balaban J connectivity index is 2.97. The number of halogens is 2. The summed E-state index contributed by atoms with van der Waals surface area (Å²) >= 11 is 6.97. The normalized spacial score (nSPS) is 10.6. The van der Waals surface area contributed by atoms with Crippen LogP contribution in [0.15, 0.2) is 12.1 Å². The molecule has 0 amide bonds. The van der Waals surface area contributed by atoms with E-state index in [1.807, 2.05) is 0 Å². The van der Waals surface area contributed by atoms with E-state index in [9.17, 15) is 0 Å². The van der Waals surface area contributed by atoms with E-state index in [-0.39, 0.29) is 0 Å². The summed E-state index contributed by atoms with van der Waals surface area (Å²) in [5.74, 6) is 0. The molecule has 0 aliphatic carbocycles. The molecule has 0 saturated heterocycles. The Hall–Kier alpha value is 0.180. The minimum absolute atomic E-state index is 1.05. The fraction of sp³-hybridized carbons (Fsp3) is 0.500. The Kier molecular flexibility index (Phi) is 5.18. The zero-order valence-electron chi connectivity index (χ0n) is 8.74. The van der Waals surface area contributed by atoms with Crippen LogP contribution < -0.4 is 0 Å². The first-order valence-corrected chi connectivity index (χ1v) is 7.14. The lowest BCUT2D eigenvalue weighted by Crippen LogP contribution is -1.97. The summed E-state index contributed by atoms with van der Waals surface area (Å²) in [4.78, 5) is 0. The monoisotopic (exact) mass is 318 g/mol. The third kappa shape index (κ3) is 3.09. The molecule has 0 N–H and O–H groups in total. The van der Waals surface area contributed by atoms with E-state index in [4.69, 9.17) is 0 Å². The number of benzene rings is 1. The maximum absolute atomic E-state index is 3.49. The predicted octanol–water partition coefficient (Wildman–Crippen LogP) is 4.18. The largest absolute Gasteiger partial charge is 0.0924 e. The fourth-order valence-electron chi connectivity index (χ4n) is 1.68. The number of alkyl halides is 2. The van der Waals surface area contributed by atoms with Crippen molar-refractivity contribution in [2.75, 3.05) is 10.7 Å². The Morgan fingerprint density at radius 3 is 1.50 bits per heavy atom. The molecule has 0 fully saturated rings. The highest BCUT2D eigenvalue weighted by molar-refractivity contribution is 9.09. The van der Waals surface area contributed by atoms with Crippen molar-refractivity contribution in [3.05, 3.63) is 34.4 Å². The molecule has 78 valence electrons. The van der Waals surface area contributed by atoms with Crippen LogP contribution in [0.25, 0.3) is 0 Å². The lowest BCUT2D eigenvalue weighted by atomic mass is 9.97. The topological polar surface area (TPSA) is 0 Å². The third-order valence-corrected chi connectivity index (χ3v) is 3.32. The molecule has 0 atom stereocenters. The second-order valence-corrected chi connectivity index (χ2v) is 5.17. The summed E-state index contributed by atoms with van der Waals surface area (Å²) in [7, 11) is 0. The quantitative estimate of drug-likeness (QED) is 0.730. The average Bonchev–Trinajstić information content (AvgIpc) is 2.14. The lowest BCUT2D eigenvalue weighted by molar-refractivity contribution is 1.07. The SMILES string of the molecule is Cc1cc(CCBr)c(C)cc1CCBr. The van der Waals surface area contributed by atoms with Crippen molar-refractivity contribution in [2.45, 2.75) is 26.7 Å². The van der Waals surface area contributed by atoms with Gasteiger partial charge in [0.05, 0.1) is 0 Å². The molecule has 1 aromatic rings. The number of aryl methyl sites for hydroxylation is 4. The third-order valence-electron chi connectivity index (χ3n) is 2.52. The maximum Gasteiger partial charge on any atom is 0.00719 e. The molecule has 0 bridgehead atoms. The van der Waals surface area contributed by atoms with Gasteiger partial charge in [-0.15, -0.1) is 0 Å². The molecule has 1 rings (SSSR count). The molecule has 0 radical (unpaired) electrons. The van der Waals surface area contributed by atoms with E-state index in [1.54, 1.807) is 0 Å². The minimum atomic E-state index is 1.05. The standard InChI is InChI=1S/C12H16Br2/c1-9-7-12(4-6-14)10(2)8-11(9)3-5-13/h7-8H,3-6H2,1-2H3. The highest BCUT2D eigenvalue weighted by atomic mass is 79.9. The zero-order valence-corrected chi connectivity index (χ0v) is 11.9. The molecule has 14 heavy (non-hydrogen) atoms. The van der Waals surface area contributed by atoms with Gasteiger partial charge in [-0.05, 0) is 48.9 Å². The van der Waals surface area contributed by atoms with Gasteiger partial charge in [0.25, 0.3) is 0 Å². The zero-order chi connectivity index (χ0) is 10.6. The van der Waals surface area contributed by atoms with Crippen LogP contribution in [-0.4, -0.2) is 10.7 Å². The molecule has 1 aromatic carbocycles. The van der Waals surface area contributed by atoms with Gasteiger partial charge in [0.2, 0.25) is 0 Å². The molecule has 0 aromatic heterocycles. The first-order chi connectivity index (χ1) is 6.69. The Labute approximate surface area is 103 Å². The van der Waals surface area contributed by atoms with Crippen molar-refractivity contribution < 1.29 is 0 Å². The minimum Gasteiger partial charge on any atom is -0.0924 e. The van der Waals surface area contributed by atoms with Gasteiger partial charge in [-0.3, -0.25) is 0 Å². The molecule has 0 saturated carbocycles. The molecule has 0 aliphatic rings. The van der Waals surface area contributed by atoms with Gasteiger partial charge in [-0.2, -0.15) is 0 Å². The highest BCUT2D eigenvalue weighted by Gasteiger charge is 2.03. The van der Waals surface area contributed by atoms with Crippen molar-refractivity contribution >= 4 is 31.9 Å². The molecule has 2 heteroatoms.